The number of anilines is 1. The molecule has 20 heavy (non-hydrogen) atoms. The first-order valence-corrected chi connectivity index (χ1v) is 6.79. The van der Waals surface area contributed by atoms with Crippen LogP contribution < -0.4 is 4.90 Å². The van der Waals surface area contributed by atoms with Crippen LogP contribution in [0, 0.1) is 5.92 Å². The normalized spacial score (nSPS) is 23.1. The molecule has 1 heterocycles. The number of halogens is 4. The molecule has 1 aromatic rings. The Balaban J connectivity index is 2.12. The average Bonchev–Trinajstić information content (AvgIpc) is 2.73. The largest absolute Gasteiger partial charge is 0.417 e. The first kappa shape index (κ1) is 15.4. The molecule has 2 atom stereocenters. The van der Waals surface area contributed by atoms with Gasteiger partial charge in [-0.15, -0.1) is 0 Å². The van der Waals surface area contributed by atoms with Gasteiger partial charge in [0.1, 0.15) is 5.82 Å². The number of nitrogens with zero attached hydrogens (tertiary/aromatic N) is 2. The number of hydrogen-bond donors (Lipinski definition) is 1. The van der Waals surface area contributed by atoms with Crippen molar-refractivity contribution < 1.29 is 18.3 Å². The summed E-state index contributed by atoms with van der Waals surface area (Å²) in [5.74, 6) is 0.416. The Morgan fingerprint density at radius 3 is 2.65 bits per heavy atom. The lowest BCUT2D eigenvalue weighted by molar-refractivity contribution is -0.137. The van der Waals surface area contributed by atoms with Gasteiger partial charge in [-0.3, -0.25) is 0 Å². The van der Waals surface area contributed by atoms with E-state index in [1.165, 1.54) is 0 Å². The third-order valence-electron chi connectivity index (χ3n) is 3.64. The van der Waals surface area contributed by atoms with Gasteiger partial charge >= 0.3 is 6.18 Å². The Labute approximate surface area is 120 Å². The van der Waals surface area contributed by atoms with Gasteiger partial charge in [-0.2, -0.15) is 13.2 Å². The molecule has 3 nitrogen and oxygen atoms in total. The zero-order valence-electron chi connectivity index (χ0n) is 11.0. The van der Waals surface area contributed by atoms with Crippen LogP contribution in [0.15, 0.2) is 12.3 Å². The lowest BCUT2D eigenvalue weighted by Gasteiger charge is -2.25. The van der Waals surface area contributed by atoms with Crippen molar-refractivity contribution in [1.29, 1.82) is 0 Å². The Hall–Kier alpha value is -1.01. The van der Waals surface area contributed by atoms with Gasteiger partial charge in [0.2, 0.25) is 0 Å². The zero-order chi connectivity index (χ0) is 14.9. The number of alkyl halides is 3. The third-order valence-corrected chi connectivity index (χ3v) is 3.92. The van der Waals surface area contributed by atoms with Gasteiger partial charge in [-0.1, -0.05) is 18.0 Å². The molecule has 1 N–H and O–H groups in total. The summed E-state index contributed by atoms with van der Waals surface area (Å²) in [6, 6.07) is 0.880. The zero-order valence-corrected chi connectivity index (χ0v) is 11.7. The van der Waals surface area contributed by atoms with Crippen LogP contribution in [0.5, 0.6) is 0 Å². The minimum Gasteiger partial charge on any atom is -0.393 e. The summed E-state index contributed by atoms with van der Waals surface area (Å²) in [4.78, 5) is 5.50. The van der Waals surface area contributed by atoms with Gasteiger partial charge in [0.25, 0.3) is 0 Å². The van der Waals surface area contributed by atoms with E-state index in [2.05, 4.69) is 4.98 Å². The molecule has 7 heteroatoms. The van der Waals surface area contributed by atoms with Crippen molar-refractivity contribution in [2.24, 2.45) is 5.92 Å². The Morgan fingerprint density at radius 2 is 2.15 bits per heavy atom. The van der Waals surface area contributed by atoms with E-state index in [-0.39, 0.29) is 17.0 Å². The molecule has 1 aromatic heterocycles. The first-order chi connectivity index (χ1) is 9.29. The summed E-state index contributed by atoms with van der Waals surface area (Å²) in [6.45, 7) is 0.527. The predicted octanol–water partition coefficient (Wildman–Crippen LogP) is 3.35. The molecule has 1 saturated carbocycles. The van der Waals surface area contributed by atoms with E-state index in [1.54, 1.807) is 11.9 Å². The van der Waals surface area contributed by atoms with E-state index in [4.69, 9.17) is 11.6 Å². The number of aromatic nitrogens is 1. The molecule has 1 aliphatic rings. The number of aliphatic hydroxyl groups is 1. The maximum absolute atomic E-state index is 12.5. The van der Waals surface area contributed by atoms with E-state index >= 15 is 0 Å². The molecule has 1 aliphatic carbocycles. The molecule has 2 rings (SSSR count). The summed E-state index contributed by atoms with van der Waals surface area (Å²) in [6.07, 6.45) is -1.38. The quantitative estimate of drug-likeness (QED) is 0.930. The molecular weight excluding hydrogens is 293 g/mol. The second-order valence-electron chi connectivity index (χ2n) is 5.17. The van der Waals surface area contributed by atoms with Crippen LogP contribution in [-0.4, -0.2) is 29.8 Å². The lowest BCUT2D eigenvalue weighted by atomic mass is 10.1. The number of rotatable bonds is 3. The number of aliphatic hydroxyl groups excluding tert-OH is 1. The van der Waals surface area contributed by atoms with Gasteiger partial charge in [-0.05, 0) is 18.9 Å². The standard InChI is InChI=1S/C13H16ClF3N2O/c1-19(7-8-3-2-4-11(8)20)12-10(14)5-9(6-18-12)13(15,16)17/h5-6,8,11,20H,2-4,7H2,1H3/t8-,11+/m0/s1. The molecule has 0 radical (unpaired) electrons. The first-order valence-electron chi connectivity index (χ1n) is 6.41. The fraction of sp³-hybridized carbons (Fsp3) is 0.615. The topological polar surface area (TPSA) is 36.4 Å². The fourth-order valence-corrected chi connectivity index (χ4v) is 2.85. The van der Waals surface area contributed by atoms with Crippen LogP contribution >= 0.6 is 11.6 Å². The van der Waals surface area contributed by atoms with E-state index in [1.807, 2.05) is 0 Å². The van der Waals surface area contributed by atoms with Crippen LogP contribution in [0.1, 0.15) is 24.8 Å². The van der Waals surface area contributed by atoms with Crippen molar-refractivity contribution in [3.63, 3.8) is 0 Å². The molecule has 112 valence electrons. The average molecular weight is 309 g/mol. The minimum atomic E-state index is -4.45. The van der Waals surface area contributed by atoms with Gasteiger partial charge in [0, 0.05) is 25.7 Å². The second kappa shape index (κ2) is 5.77. The third kappa shape index (κ3) is 3.35. The van der Waals surface area contributed by atoms with E-state index < -0.39 is 11.7 Å². The van der Waals surface area contributed by atoms with E-state index in [9.17, 15) is 18.3 Å². The van der Waals surface area contributed by atoms with Crippen LogP contribution in [0.3, 0.4) is 0 Å². The SMILES string of the molecule is CN(C[C@@H]1CCC[C@H]1O)c1ncc(C(F)(F)F)cc1Cl. The van der Waals surface area contributed by atoms with Crippen molar-refractivity contribution in [3.8, 4) is 0 Å². The maximum atomic E-state index is 12.5. The van der Waals surface area contributed by atoms with Crippen LogP contribution in [0.4, 0.5) is 19.0 Å². The van der Waals surface area contributed by atoms with Crippen LogP contribution in [0.25, 0.3) is 0 Å². The van der Waals surface area contributed by atoms with Crippen molar-refractivity contribution in [1.82, 2.24) is 4.98 Å². The minimum absolute atomic E-state index is 0.0326. The second-order valence-corrected chi connectivity index (χ2v) is 5.57. The summed E-state index contributed by atoms with van der Waals surface area (Å²) >= 11 is 5.89. The molecule has 0 aliphatic heterocycles. The Bertz CT molecular complexity index is 481. The molecular formula is C13H16ClF3N2O. The fourth-order valence-electron chi connectivity index (χ4n) is 2.54. The summed E-state index contributed by atoms with van der Waals surface area (Å²) < 4.78 is 37.6. The van der Waals surface area contributed by atoms with Gasteiger partial charge < -0.3 is 10.0 Å². The summed E-state index contributed by atoms with van der Waals surface area (Å²) in [5.41, 5.74) is -0.861. The molecule has 1 fully saturated rings. The lowest BCUT2D eigenvalue weighted by Crippen LogP contribution is -2.30. The Morgan fingerprint density at radius 1 is 1.45 bits per heavy atom. The van der Waals surface area contributed by atoms with Crippen molar-refractivity contribution in [2.45, 2.75) is 31.5 Å². The van der Waals surface area contributed by atoms with E-state index in [0.29, 0.717) is 12.4 Å². The number of pyridine rings is 1. The molecule has 0 aromatic carbocycles. The molecule has 0 amide bonds. The van der Waals surface area contributed by atoms with Crippen molar-refractivity contribution in [2.75, 3.05) is 18.5 Å². The molecule has 0 saturated heterocycles. The Kier molecular flexibility index (Phi) is 4.44. The summed E-state index contributed by atoms with van der Waals surface area (Å²) in [5, 5.41) is 9.74. The molecule has 0 spiro atoms. The van der Waals surface area contributed by atoms with Crippen molar-refractivity contribution in [3.05, 3.63) is 22.8 Å². The smallest absolute Gasteiger partial charge is 0.393 e. The number of hydrogen-bond acceptors (Lipinski definition) is 3. The van der Waals surface area contributed by atoms with Crippen molar-refractivity contribution >= 4 is 17.4 Å². The summed E-state index contributed by atoms with van der Waals surface area (Å²) in [7, 11) is 1.71. The highest BCUT2D eigenvalue weighted by atomic mass is 35.5. The monoisotopic (exact) mass is 308 g/mol. The highest BCUT2D eigenvalue weighted by molar-refractivity contribution is 6.33. The highest BCUT2D eigenvalue weighted by Gasteiger charge is 2.32. The maximum Gasteiger partial charge on any atom is 0.417 e. The van der Waals surface area contributed by atoms with Gasteiger partial charge in [-0.25, -0.2) is 4.98 Å². The van der Waals surface area contributed by atoms with Gasteiger partial charge in [0.05, 0.1) is 16.7 Å². The van der Waals surface area contributed by atoms with Crippen LogP contribution in [-0.2, 0) is 6.18 Å². The van der Waals surface area contributed by atoms with Crippen LogP contribution in [0.2, 0.25) is 5.02 Å². The van der Waals surface area contributed by atoms with Gasteiger partial charge in [0.15, 0.2) is 0 Å². The van der Waals surface area contributed by atoms with E-state index in [0.717, 1.165) is 31.5 Å². The predicted molar refractivity (Wildman–Crippen MR) is 70.9 cm³/mol. The molecule has 0 unspecified atom stereocenters. The highest BCUT2D eigenvalue weighted by Crippen LogP contribution is 2.34. The molecule has 0 bridgehead atoms.